The summed E-state index contributed by atoms with van der Waals surface area (Å²) in [5.74, 6) is 1.16. The summed E-state index contributed by atoms with van der Waals surface area (Å²) in [7, 11) is 0. The van der Waals surface area contributed by atoms with E-state index in [9.17, 15) is 4.79 Å². The zero-order valence-electron chi connectivity index (χ0n) is 14.6. The van der Waals surface area contributed by atoms with Crippen molar-refractivity contribution in [2.45, 2.75) is 59.8 Å². The molecule has 1 aromatic rings. The molecule has 0 unspecified atom stereocenters. The lowest BCUT2D eigenvalue weighted by Crippen LogP contribution is -2.28. The molecule has 0 amide bonds. The van der Waals surface area contributed by atoms with E-state index in [1.54, 1.807) is 0 Å². The number of para-hydroxylation sites is 1. The SMILES string of the molecule is CC(C)c1cccc(C(C)C)c1OC(=O)CC(C)(C)CN.Cl. The van der Waals surface area contributed by atoms with Gasteiger partial charge >= 0.3 is 5.97 Å². The number of hydrogen-bond acceptors (Lipinski definition) is 3. The first-order valence-corrected chi connectivity index (χ1v) is 7.71. The molecule has 1 aromatic carbocycles. The topological polar surface area (TPSA) is 52.3 Å². The Hall–Kier alpha value is -1.06. The lowest BCUT2D eigenvalue weighted by molar-refractivity contribution is -0.136. The van der Waals surface area contributed by atoms with Gasteiger partial charge in [-0.05, 0) is 34.9 Å². The van der Waals surface area contributed by atoms with Crippen molar-refractivity contribution in [2.75, 3.05) is 6.54 Å². The second-order valence-electron chi connectivity index (χ2n) is 7.09. The minimum atomic E-state index is -0.234. The standard InChI is InChI=1S/C18H29NO2.ClH/c1-12(2)14-8-7-9-15(13(3)4)17(14)21-16(20)10-18(5,6)11-19;/h7-9,12-13H,10-11,19H2,1-6H3;1H. The minimum absolute atomic E-state index is 0. The van der Waals surface area contributed by atoms with Crippen LogP contribution in [-0.4, -0.2) is 12.5 Å². The van der Waals surface area contributed by atoms with Crippen molar-refractivity contribution in [2.24, 2.45) is 11.1 Å². The van der Waals surface area contributed by atoms with Gasteiger partial charge in [0, 0.05) is 0 Å². The fourth-order valence-electron chi connectivity index (χ4n) is 2.21. The van der Waals surface area contributed by atoms with Crippen molar-refractivity contribution in [3.05, 3.63) is 29.3 Å². The second-order valence-corrected chi connectivity index (χ2v) is 7.09. The number of benzene rings is 1. The molecule has 0 spiro atoms. The molecule has 22 heavy (non-hydrogen) atoms. The molecule has 0 aliphatic carbocycles. The molecular weight excluding hydrogens is 298 g/mol. The number of carbonyl (C=O) groups excluding carboxylic acids is 1. The van der Waals surface area contributed by atoms with E-state index < -0.39 is 0 Å². The normalized spacial score (nSPS) is 11.5. The Labute approximate surface area is 141 Å². The van der Waals surface area contributed by atoms with Crippen LogP contribution in [0.2, 0.25) is 0 Å². The van der Waals surface area contributed by atoms with Crippen LogP contribution < -0.4 is 10.5 Å². The van der Waals surface area contributed by atoms with Crippen LogP contribution in [0.5, 0.6) is 5.75 Å². The summed E-state index contributed by atoms with van der Waals surface area (Å²) >= 11 is 0. The Morgan fingerprint density at radius 3 is 1.95 bits per heavy atom. The van der Waals surface area contributed by atoms with Crippen LogP contribution >= 0.6 is 12.4 Å². The van der Waals surface area contributed by atoms with E-state index in [-0.39, 0.29) is 23.8 Å². The molecule has 3 nitrogen and oxygen atoms in total. The molecule has 0 aliphatic heterocycles. The zero-order valence-corrected chi connectivity index (χ0v) is 15.4. The minimum Gasteiger partial charge on any atom is -0.426 e. The van der Waals surface area contributed by atoms with E-state index in [1.165, 1.54) is 0 Å². The van der Waals surface area contributed by atoms with Crippen LogP contribution in [0.1, 0.15) is 70.9 Å². The maximum Gasteiger partial charge on any atom is 0.311 e. The van der Waals surface area contributed by atoms with Gasteiger partial charge in [0.05, 0.1) is 6.42 Å². The number of ether oxygens (including phenoxy) is 1. The molecule has 1 rings (SSSR count). The van der Waals surface area contributed by atoms with Gasteiger partial charge in [0.1, 0.15) is 5.75 Å². The largest absolute Gasteiger partial charge is 0.426 e. The fourth-order valence-corrected chi connectivity index (χ4v) is 2.21. The predicted molar refractivity (Wildman–Crippen MR) is 95.0 cm³/mol. The molecule has 0 fully saturated rings. The van der Waals surface area contributed by atoms with E-state index in [0.29, 0.717) is 24.8 Å². The molecule has 0 saturated heterocycles. The molecule has 0 saturated carbocycles. The highest BCUT2D eigenvalue weighted by molar-refractivity contribution is 5.85. The monoisotopic (exact) mass is 327 g/mol. The third-order valence-corrected chi connectivity index (χ3v) is 3.71. The van der Waals surface area contributed by atoms with Crippen LogP contribution in [0.4, 0.5) is 0 Å². The summed E-state index contributed by atoms with van der Waals surface area (Å²) in [5.41, 5.74) is 7.63. The molecule has 0 aromatic heterocycles. The number of rotatable bonds is 6. The second kappa shape index (κ2) is 8.54. The summed E-state index contributed by atoms with van der Waals surface area (Å²) in [5, 5.41) is 0. The van der Waals surface area contributed by atoms with Crippen LogP contribution in [0, 0.1) is 5.41 Å². The van der Waals surface area contributed by atoms with Crippen LogP contribution in [0.3, 0.4) is 0 Å². The number of nitrogens with two attached hydrogens (primary N) is 1. The molecular formula is C18H30ClNO2. The van der Waals surface area contributed by atoms with Crippen molar-refractivity contribution in [1.82, 2.24) is 0 Å². The number of carbonyl (C=O) groups is 1. The third-order valence-electron chi connectivity index (χ3n) is 3.71. The van der Waals surface area contributed by atoms with Gasteiger partial charge in [-0.25, -0.2) is 0 Å². The Balaban J connectivity index is 0.00000441. The molecule has 0 atom stereocenters. The maximum atomic E-state index is 12.3. The van der Waals surface area contributed by atoms with Crippen molar-refractivity contribution in [3.63, 3.8) is 0 Å². The van der Waals surface area contributed by atoms with E-state index in [1.807, 2.05) is 32.0 Å². The number of halogens is 1. The molecule has 126 valence electrons. The third kappa shape index (κ3) is 5.62. The highest BCUT2D eigenvalue weighted by Gasteiger charge is 2.24. The van der Waals surface area contributed by atoms with Gasteiger partial charge in [-0.1, -0.05) is 59.7 Å². The predicted octanol–water partition coefficient (Wildman–Crippen LogP) is 4.64. The molecule has 2 N–H and O–H groups in total. The van der Waals surface area contributed by atoms with Gasteiger partial charge < -0.3 is 10.5 Å². The first-order valence-electron chi connectivity index (χ1n) is 7.71. The molecule has 0 aliphatic rings. The van der Waals surface area contributed by atoms with E-state index in [0.717, 1.165) is 16.9 Å². The Kier molecular flexibility index (Phi) is 8.13. The average molecular weight is 328 g/mol. The van der Waals surface area contributed by atoms with E-state index in [4.69, 9.17) is 10.5 Å². The highest BCUT2D eigenvalue weighted by atomic mass is 35.5. The molecule has 0 bridgehead atoms. The highest BCUT2D eigenvalue weighted by Crippen LogP contribution is 2.35. The lowest BCUT2D eigenvalue weighted by atomic mass is 9.89. The quantitative estimate of drug-likeness (QED) is 0.612. The van der Waals surface area contributed by atoms with Gasteiger partial charge in [-0.15, -0.1) is 12.4 Å². The van der Waals surface area contributed by atoms with Crippen molar-refractivity contribution in [1.29, 1.82) is 0 Å². The Morgan fingerprint density at radius 2 is 1.59 bits per heavy atom. The van der Waals surface area contributed by atoms with E-state index >= 15 is 0 Å². The average Bonchev–Trinajstić information content (AvgIpc) is 2.37. The summed E-state index contributed by atoms with van der Waals surface area (Å²) in [6.45, 7) is 12.9. The van der Waals surface area contributed by atoms with Gasteiger partial charge in [0.2, 0.25) is 0 Å². The van der Waals surface area contributed by atoms with Crippen LogP contribution in [0.25, 0.3) is 0 Å². The summed E-state index contributed by atoms with van der Waals surface area (Å²) in [4.78, 5) is 12.3. The first kappa shape index (κ1) is 20.9. The fraction of sp³-hybridized carbons (Fsp3) is 0.611. The van der Waals surface area contributed by atoms with Gasteiger partial charge in [0.15, 0.2) is 0 Å². The van der Waals surface area contributed by atoms with Crippen molar-refractivity contribution in [3.8, 4) is 5.75 Å². The number of hydrogen-bond donors (Lipinski definition) is 1. The Bertz CT molecular complexity index is 470. The van der Waals surface area contributed by atoms with Crippen molar-refractivity contribution < 1.29 is 9.53 Å². The zero-order chi connectivity index (χ0) is 16.2. The summed E-state index contributed by atoms with van der Waals surface area (Å²) in [6, 6.07) is 6.10. The summed E-state index contributed by atoms with van der Waals surface area (Å²) in [6.07, 6.45) is 0.327. The lowest BCUT2D eigenvalue weighted by Gasteiger charge is -2.23. The van der Waals surface area contributed by atoms with Crippen molar-refractivity contribution >= 4 is 18.4 Å². The maximum absolute atomic E-state index is 12.3. The van der Waals surface area contributed by atoms with Gasteiger partial charge in [0.25, 0.3) is 0 Å². The van der Waals surface area contributed by atoms with Crippen LogP contribution in [0.15, 0.2) is 18.2 Å². The molecule has 0 heterocycles. The van der Waals surface area contributed by atoms with E-state index in [2.05, 4.69) is 27.7 Å². The smallest absolute Gasteiger partial charge is 0.311 e. The summed E-state index contributed by atoms with van der Waals surface area (Å²) < 4.78 is 5.74. The number of esters is 1. The molecule has 0 radical (unpaired) electrons. The Morgan fingerprint density at radius 1 is 1.14 bits per heavy atom. The molecule has 4 heteroatoms. The first-order chi connectivity index (χ1) is 9.68. The van der Waals surface area contributed by atoms with Crippen LogP contribution in [-0.2, 0) is 4.79 Å². The van der Waals surface area contributed by atoms with Gasteiger partial charge in [-0.3, -0.25) is 4.79 Å². The van der Waals surface area contributed by atoms with Gasteiger partial charge in [-0.2, -0.15) is 0 Å².